The number of aryl methyl sites for hydroxylation is 1. The number of amides is 1. The van der Waals surface area contributed by atoms with Gasteiger partial charge in [0, 0.05) is 14.9 Å². The van der Waals surface area contributed by atoms with E-state index in [-0.39, 0.29) is 11.2 Å². The van der Waals surface area contributed by atoms with Gasteiger partial charge in [0.2, 0.25) is 5.91 Å². The van der Waals surface area contributed by atoms with Crippen molar-refractivity contribution in [3.05, 3.63) is 58.1 Å². The first-order chi connectivity index (χ1) is 11.5. The lowest BCUT2D eigenvalue weighted by atomic mass is 10.2. The van der Waals surface area contributed by atoms with Gasteiger partial charge in [-0.1, -0.05) is 29.3 Å². The Morgan fingerprint density at radius 2 is 1.92 bits per heavy atom. The molecule has 0 heterocycles. The van der Waals surface area contributed by atoms with Crippen LogP contribution in [0.3, 0.4) is 0 Å². The third-order valence-electron chi connectivity index (χ3n) is 3.31. The molecule has 2 rings (SSSR count). The van der Waals surface area contributed by atoms with Crippen LogP contribution in [0.25, 0.3) is 0 Å². The van der Waals surface area contributed by atoms with E-state index in [4.69, 9.17) is 27.9 Å². The number of nitrogens with one attached hydrogen (secondary N) is 1. The van der Waals surface area contributed by atoms with Crippen LogP contribution < -0.4 is 10.1 Å². The largest absolute Gasteiger partial charge is 0.492 e. The van der Waals surface area contributed by atoms with Gasteiger partial charge in [0.15, 0.2) is 0 Å². The Kier molecular flexibility index (Phi) is 7.28. The maximum atomic E-state index is 12.1. The van der Waals surface area contributed by atoms with Gasteiger partial charge in [0.1, 0.15) is 12.4 Å². The fraction of sp³-hybridized carbons (Fsp3) is 0.278. The van der Waals surface area contributed by atoms with Crippen molar-refractivity contribution < 1.29 is 9.53 Å². The van der Waals surface area contributed by atoms with Crippen LogP contribution in [0, 0.1) is 6.92 Å². The number of halogens is 2. The van der Waals surface area contributed by atoms with Crippen LogP contribution in [0.4, 0.5) is 0 Å². The SMILES string of the molecule is Cc1ccc(OCCNC(=O)[C@@H](C)Sc2ccc(Cl)cc2)cc1Cl. The van der Waals surface area contributed by atoms with Crippen LogP contribution in [-0.2, 0) is 4.79 Å². The van der Waals surface area contributed by atoms with E-state index in [0.717, 1.165) is 10.5 Å². The minimum absolute atomic E-state index is 0.0273. The summed E-state index contributed by atoms with van der Waals surface area (Å²) in [5.74, 6) is 0.670. The first kappa shape index (κ1) is 19.0. The summed E-state index contributed by atoms with van der Waals surface area (Å²) in [6.07, 6.45) is 0. The second kappa shape index (κ2) is 9.21. The smallest absolute Gasteiger partial charge is 0.233 e. The average molecular weight is 384 g/mol. The Bertz CT molecular complexity index is 692. The Hall–Kier alpha value is -1.36. The summed E-state index contributed by atoms with van der Waals surface area (Å²) in [6, 6.07) is 13.0. The third kappa shape index (κ3) is 5.93. The summed E-state index contributed by atoms with van der Waals surface area (Å²) in [7, 11) is 0. The summed E-state index contributed by atoms with van der Waals surface area (Å²) >= 11 is 13.4. The number of thioether (sulfide) groups is 1. The van der Waals surface area contributed by atoms with Gasteiger partial charge in [-0.2, -0.15) is 0 Å². The number of rotatable bonds is 7. The first-order valence-electron chi connectivity index (χ1n) is 7.54. The van der Waals surface area contributed by atoms with Gasteiger partial charge < -0.3 is 10.1 Å². The number of benzene rings is 2. The molecule has 0 radical (unpaired) electrons. The van der Waals surface area contributed by atoms with Gasteiger partial charge >= 0.3 is 0 Å². The maximum Gasteiger partial charge on any atom is 0.233 e. The number of carbonyl (C=O) groups excluding carboxylic acids is 1. The molecule has 0 aliphatic rings. The molecule has 1 amide bonds. The van der Waals surface area contributed by atoms with Crippen molar-refractivity contribution >= 4 is 40.9 Å². The van der Waals surface area contributed by atoms with Crippen molar-refractivity contribution in [2.75, 3.05) is 13.2 Å². The molecular formula is C18H19Cl2NO2S. The van der Waals surface area contributed by atoms with Crippen LogP contribution in [-0.4, -0.2) is 24.3 Å². The van der Waals surface area contributed by atoms with Crippen molar-refractivity contribution in [2.45, 2.75) is 24.0 Å². The quantitative estimate of drug-likeness (QED) is 0.541. The zero-order chi connectivity index (χ0) is 17.5. The molecule has 0 spiro atoms. The summed E-state index contributed by atoms with van der Waals surface area (Å²) in [5, 5.41) is 4.03. The van der Waals surface area contributed by atoms with Crippen molar-refractivity contribution in [1.82, 2.24) is 5.32 Å². The van der Waals surface area contributed by atoms with Crippen molar-refractivity contribution in [3.63, 3.8) is 0 Å². The lowest BCUT2D eigenvalue weighted by Gasteiger charge is -2.13. The molecule has 3 nitrogen and oxygen atoms in total. The molecule has 2 aromatic carbocycles. The molecule has 0 aliphatic carbocycles. The molecule has 1 N–H and O–H groups in total. The zero-order valence-electron chi connectivity index (χ0n) is 13.5. The topological polar surface area (TPSA) is 38.3 Å². The van der Waals surface area contributed by atoms with E-state index in [2.05, 4.69) is 5.32 Å². The van der Waals surface area contributed by atoms with Crippen molar-refractivity contribution in [3.8, 4) is 5.75 Å². The number of hydrogen-bond donors (Lipinski definition) is 1. The van der Waals surface area contributed by atoms with Gasteiger partial charge in [0.25, 0.3) is 0 Å². The maximum absolute atomic E-state index is 12.1. The van der Waals surface area contributed by atoms with E-state index in [1.165, 1.54) is 11.8 Å². The Balaban J connectivity index is 1.72. The van der Waals surface area contributed by atoms with Crippen molar-refractivity contribution in [1.29, 1.82) is 0 Å². The van der Waals surface area contributed by atoms with E-state index >= 15 is 0 Å². The number of carbonyl (C=O) groups is 1. The molecule has 6 heteroatoms. The van der Waals surface area contributed by atoms with Crippen molar-refractivity contribution in [2.24, 2.45) is 0 Å². The Morgan fingerprint density at radius 1 is 1.21 bits per heavy atom. The van der Waals surface area contributed by atoms with E-state index in [1.807, 2.05) is 50.2 Å². The van der Waals surface area contributed by atoms with E-state index in [0.29, 0.717) is 28.9 Å². The molecule has 24 heavy (non-hydrogen) atoms. The van der Waals surface area contributed by atoms with Crippen LogP contribution >= 0.6 is 35.0 Å². The summed E-state index contributed by atoms with van der Waals surface area (Å²) in [6.45, 7) is 4.64. The van der Waals surface area contributed by atoms with E-state index in [1.54, 1.807) is 6.07 Å². The van der Waals surface area contributed by atoms with Gasteiger partial charge in [-0.25, -0.2) is 0 Å². The standard InChI is InChI=1S/C18H19Cl2NO2S/c1-12-3-6-15(11-17(12)20)23-10-9-21-18(22)13(2)24-16-7-4-14(19)5-8-16/h3-8,11,13H,9-10H2,1-2H3,(H,21,22)/t13-/m1/s1. The molecular weight excluding hydrogens is 365 g/mol. The predicted octanol–water partition coefficient (Wildman–Crippen LogP) is 4.98. The van der Waals surface area contributed by atoms with Crippen LogP contribution in [0.15, 0.2) is 47.4 Å². The second-order valence-electron chi connectivity index (χ2n) is 5.26. The van der Waals surface area contributed by atoms with Gasteiger partial charge in [-0.3, -0.25) is 4.79 Å². The van der Waals surface area contributed by atoms with Gasteiger partial charge in [-0.05, 0) is 55.8 Å². The monoisotopic (exact) mass is 383 g/mol. The first-order valence-corrected chi connectivity index (χ1v) is 9.18. The fourth-order valence-electron chi connectivity index (χ4n) is 1.92. The third-order valence-corrected chi connectivity index (χ3v) is 5.08. The summed E-state index contributed by atoms with van der Waals surface area (Å²) in [4.78, 5) is 13.1. The highest BCUT2D eigenvalue weighted by Crippen LogP contribution is 2.25. The lowest BCUT2D eigenvalue weighted by molar-refractivity contribution is -0.120. The molecule has 0 aliphatic heterocycles. The molecule has 0 unspecified atom stereocenters. The molecule has 2 aromatic rings. The second-order valence-corrected chi connectivity index (χ2v) is 7.52. The van der Waals surface area contributed by atoms with Crippen LogP contribution in [0.2, 0.25) is 10.0 Å². The van der Waals surface area contributed by atoms with E-state index < -0.39 is 0 Å². The van der Waals surface area contributed by atoms with Gasteiger partial charge in [0.05, 0.1) is 11.8 Å². The molecule has 0 bridgehead atoms. The zero-order valence-corrected chi connectivity index (χ0v) is 15.8. The minimum Gasteiger partial charge on any atom is -0.492 e. The molecule has 0 saturated heterocycles. The molecule has 0 fully saturated rings. The summed E-state index contributed by atoms with van der Waals surface area (Å²) < 4.78 is 5.58. The highest BCUT2D eigenvalue weighted by atomic mass is 35.5. The average Bonchev–Trinajstić information content (AvgIpc) is 2.56. The highest BCUT2D eigenvalue weighted by Gasteiger charge is 2.13. The molecule has 0 aromatic heterocycles. The highest BCUT2D eigenvalue weighted by molar-refractivity contribution is 8.00. The number of hydrogen-bond acceptors (Lipinski definition) is 3. The Labute approximate surface area is 156 Å². The van der Waals surface area contributed by atoms with Crippen LogP contribution in [0.1, 0.15) is 12.5 Å². The normalized spacial score (nSPS) is 11.8. The minimum atomic E-state index is -0.194. The van der Waals surface area contributed by atoms with Gasteiger partial charge in [-0.15, -0.1) is 11.8 Å². The van der Waals surface area contributed by atoms with Crippen LogP contribution in [0.5, 0.6) is 5.75 Å². The molecule has 128 valence electrons. The fourth-order valence-corrected chi connectivity index (χ4v) is 3.11. The molecule has 0 saturated carbocycles. The lowest BCUT2D eigenvalue weighted by Crippen LogP contribution is -2.33. The predicted molar refractivity (Wildman–Crippen MR) is 101 cm³/mol. The van der Waals surface area contributed by atoms with E-state index in [9.17, 15) is 4.79 Å². The number of ether oxygens (including phenoxy) is 1. The summed E-state index contributed by atoms with van der Waals surface area (Å²) in [5.41, 5.74) is 1.00. The molecule has 1 atom stereocenters. The Morgan fingerprint density at radius 3 is 2.58 bits per heavy atom.